The van der Waals surface area contributed by atoms with E-state index >= 15 is 0 Å². The lowest BCUT2D eigenvalue weighted by Crippen LogP contribution is -2.35. The van der Waals surface area contributed by atoms with Crippen molar-refractivity contribution in [2.75, 3.05) is 7.11 Å². The van der Waals surface area contributed by atoms with E-state index in [1.807, 2.05) is 44.2 Å². The summed E-state index contributed by atoms with van der Waals surface area (Å²) < 4.78 is 37.0. The summed E-state index contributed by atoms with van der Waals surface area (Å²) >= 11 is 0. The topological polar surface area (TPSA) is 198 Å². The van der Waals surface area contributed by atoms with Gasteiger partial charge in [-0.2, -0.15) is 10.2 Å². The number of benzene rings is 2. The monoisotopic (exact) mass is 770 g/mol. The number of ether oxygens (including phenoxy) is 1. The van der Waals surface area contributed by atoms with Crippen LogP contribution in [0.5, 0.6) is 5.75 Å². The Morgan fingerprint density at radius 1 is 0.982 bits per heavy atom. The van der Waals surface area contributed by atoms with E-state index in [1.54, 1.807) is 30.8 Å². The molecule has 1 amide bonds. The lowest BCUT2D eigenvalue weighted by Gasteiger charge is -2.24. The van der Waals surface area contributed by atoms with Crippen LogP contribution in [0, 0.1) is 6.92 Å². The van der Waals surface area contributed by atoms with E-state index in [-0.39, 0.29) is 28.7 Å². The van der Waals surface area contributed by atoms with Gasteiger partial charge >= 0.3 is 11.9 Å². The Balaban J connectivity index is 0.000000572. The number of carbonyl (C=O) groups is 3. The van der Waals surface area contributed by atoms with Crippen molar-refractivity contribution in [3.63, 3.8) is 0 Å². The van der Waals surface area contributed by atoms with Crippen LogP contribution < -0.4 is 9.46 Å². The van der Waals surface area contributed by atoms with E-state index in [0.717, 1.165) is 53.4 Å². The maximum atomic E-state index is 13.3. The molecule has 55 heavy (non-hydrogen) atoms. The van der Waals surface area contributed by atoms with E-state index < -0.39 is 33.1 Å². The highest BCUT2D eigenvalue weighted by atomic mass is 32.2. The van der Waals surface area contributed by atoms with Crippen LogP contribution in [-0.2, 0) is 16.6 Å². The molecular formula is C40H46N6O8S. The molecule has 1 aliphatic heterocycles. The Morgan fingerprint density at radius 3 is 2.29 bits per heavy atom. The van der Waals surface area contributed by atoms with Crippen LogP contribution in [0.3, 0.4) is 0 Å². The molecule has 2 aromatic carbocycles. The lowest BCUT2D eigenvalue weighted by atomic mass is 9.81. The van der Waals surface area contributed by atoms with Crippen molar-refractivity contribution in [1.82, 2.24) is 29.3 Å². The van der Waals surface area contributed by atoms with Crippen molar-refractivity contribution in [2.24, 2.45) is 0 Å². The molecule has 290 valence electrons. The van der Waals surface area contributed by atoms with Crippen molar-refractivity contribution in [3.8, 4) is 17.0 Å². The number of aromatic amines is 1. The van der Waals surface area contributed by atoms with Gasteiger partial charge in [0.15, 0.2) is 0 Å². The van der Waals surface area contributed by atoms with E-state index in [4.69, 9.17) is 14.9 Å². The normalized spacial score (nSPS) is 14.4. The number of rotatable bonds is 9. The van der Waals surface area contributed by atoms with Gasteiger partial charge in [-0.25, -0.2) is 22.7 Å². The molecule has 4 heterocycles. The molecule has 14 nitrogen and oxygen atoms in total. The van der Waals surface area contributed by atoms with Crippen molar-refractivity contribution in [2.45, 2.75) is 90.5 Å². The number of nitrogens with zero attached hydrogens (tertiary/aromatic N) is 4. The van der Waals surface area contributed by atoms with Crippen LogP contribution in [0.1, 0.15) is 125 Å². The Morgan fingerprint density at radius 2 is 1.71 bits per heavy atom. The number of fused-ring (bicyclic) bond motifs is 5. The second-order valence-electron chi connectivity index (χ2n) is 14.5. The molecule has 1 fully saturated rings. The molecule has 1 aliphatic carbocycles. The van der Waals surface area contributed by atoms with Gasteiger partial charge in [-0.1, -0.05) is 25.3 Å². The summed E-state index contributed by atoms with van der Waals surface area (Å²) in [4.78, 5) is 36.0. The minimum Gasteiger partial charge on any atom is -0.497 e. The summed E-state index contributed by atoms with van der Waals surface area (Å²) in [5, 5.41) is 29.5. The van der Waals surface area contributed by atoms with E-state index in [9.17, 15) is 27.9 Å². The summed E-state index contributed by atoms with van der Waals surface area (Å²) in [5.41, 5.74) is 7.09. The van der Waals surface area contributed by atoms with Crippen LogP contribution >= 0.6 is 0 Å². The molecule has 4 N–H and O–H groups in total. The number of carboxylic acid groups (broad SMARTS) is 2. The summed E-state index contributed by atoms with van der Waals surface area (Å²) in [6.07, 6.45) is 10.1. The molecule has 1 saturated carbocycles. The number of hydrogen-bond acceptors (Lipinski definition) is 8. The average Bonchev–Trinajstić information content (AvgIpc) is 3.86. The predicted octanol–water partition coefficient (Wildman–Crippen LogP) is 7.28. The smallest absolute Gasteiger partial charge is 0.339 e. The number of carboxylic acids is 2. The van der Waals surface area contributed by atoms with Crippen LogP contribution in [-0.4, -0.2) is 73.4 Å². The number of nitrogens with one attached hydrogen (secondary N) is 2. The molecule has 0 spiro atoms. The van der Waals surface area contributed by atoms with Crippen molar-refractivity contribution in [1.29, 1.82) is 0 Å². The Labute approximate surface area is 319 Å². The Hall–Kier alpha value is -5.70. The van der Waals surface area contributed by atoms with Crippen LogP contribution in [0.2, 0.25) is 0 Å². The lowest BCUT2D eigenvalue weighted by molar-refractivity contribution is 0.0685. The second-order valence-corrected chi connectivity index (χ2v) is 16.7. The van der Waals surface area contributed by atoms with E-state index in [0.29, 0.717) is 29.3 Å². The van der Waals surface area contributed by atoms with Gasteiger partial charge in [0.1, 0.15) is 17.0 Å². The third kappa shape index (κ3) is 7.66. The maximum Gasteiger partial charge on any atom is 0.339 e. The van der Waals surface area contributed by atoms with Gasteiger partial charge in [-0.3, -0.25) is 14.6 Å². The molecule has 0 saturated heterocycles. The second kappa shape index (κ2) is 15.6. The van der Waals surface area contributed by atoms with Gasteiger partial charge in [0, 0.05) is 39.8 Å². The van der Waals surface area contributed by atoms with Crippen molar-refractivity contribution < 1.29 is 37.8 Å². The molecule has 15 heteroatoms. The first-order valence-electron chi connectivity index (χ1n) is 18.3. The first-order valence-corrected chi connectivity index (χ1v) is 19.8. The van der Waals surface area contributed by atoms with Gasteiger partial charge in [-0.15, -0.1) is 0 Å². The largest absolute Gasteiger partial charge is 0.497 e. The number of sulfonamides is 1. The highest BCUT2D eigenvalue weighted by molar-refractivity contribution is 7.90. The number of amides is 1. The zero-order valence-electron chi connectivity index (χ0n) is 31.7. The Kier molecular flexibility index (Phi) is 11.0. The fourth-order valence-electron chi connectivity index (χ4n) is 7.50. The molecule has 0 radical (unpaired) electrons. The number of carbonyl (C=O) groups excluding carboxylic acids is 1. The minimum atomic E-state index is -3.84. The van der Waals surface area contributed by atoms with Crippen LogP contribution in [0.4, 0.5) is 0 Å². The summed E-state index contributed by atoms with van der Waals surface area (Å²) in [7, 11) is -2.22. The fraction of sp³-hybridized carbons (Fsp3) is 0.375. The van der Waals surface area contributed by atoms with Gasteiger partial charge < -0.3 is 19.5 Å². The molecule has 0 bridgehead atoms. The quantitative estimate of drug-likeness (QED) is 0.118. The summed E-state index contributed by atoms with van der Waals surface area (Å²) in [6, 6.07) is 11.3. The fourth-order valence-corrected chi connectivity index (χ4v) is 8.11. The van der Waals surface area contributed by atoms with Crippen LogP contribution in [0.15, 0.2) is 48.8 Å². The number of aromatic nitrogens is 5. The maximum absolute atomic E-state index is 13.3. The Bertz CT molecular complexity index is 2420. The third-order valence-corrected chi connectivity index (χ3v) is 12.0. The number of methoxy groups -OCH3 is 1. The van der Waals surface area contributed by atoms with Gasteiger partial charge in [0.2, 0.25) is 10.0 Å². The predicted molar refractivity (Wildman–Crippen MR) is 209 cm³/mol. The number of H-pyrrole nitrogens is 1. The third-order valence-electron chi connectivity index (χ3n) is 10.3. The van der Waals surface area contributed by atoms with E-state index in [2.05, 4.69) is 19.5 Å². The first-order chi connectivity index (χ1) is 26.1. The van der Waals surface area contributed by atoms with Gasteiger partial charge in [-0.05, 0) is 101 Å². The van der Waals surface area contributed by atoms with Gasteiger partial charge in [0.05, 0.1) is 42.1 Å². The first kappa shape index (κ1) is 39.0. The van der Waals surface area contributed by atoms with Crippen molar-refractivity contribution >= 4 is 50.4 Å². The average molecular weight is 771 g/mol. The molecule has 0 atom stereocenters. The molecule has 5 aromatic rings. The number of aromatic carboxylic acids is 2. The molecule has 7 rings (SSSR count). The van der Waals surface area contributed by atoms with Gasteiger partial charge in [0.25, 0.3) is 5.91 Å². The molecule has 2 aliphatic rings. The standard InChI is InChI=1S/C36H42N4O6S.C4H4N2O2/c1-20(2)40-22(5)31(36(42)43)33(37-40)26-16-25-17-27(46-6)13-15-28(25)34-32(23-10-8-7-9-11-23)29-14-12-24(18-30(29)39(34)19-26)35(41)38-47(44,45)21(3)4;7-4(8)3-1-5-6-2-3/h12-18,20-21,23H,7-11,19H2,1-6H3,(H,38,41)(H,42,43);1-2H,(H,5,6)(H,7,8). The minimum absolute atomic E-state index is 0.0512. The number of hydrogen-bond donors (Lipinski definition) is 4. The number of allylic oxidation sites excluding steroid dienone is 1. The highest BCUT2D eigenvalue weighted by Gasteiger charge is 2.32. The molecule has 0 unspecified atom stereocenters. The molecular weight excluding hydrogens is 725 g/mol. The zero-order valence-corrected chi connectivity index (χ0v) is 32.5. The van der Waals surface area contributed by atoms with Crippen molar-refractivity contribution in [3.05, 3.63) is 88.0 Å². The van der Waals surface area contributed by atoms with Crippen LogP contribution in [0.25, 0.3) is 33.8 Å². The summed E-state index contributed by atoms with van der Waals surface area (Å²) in [5.74, 6) is -1.73. The molecule has 3 aromatic heterocycles. The SMILES string of the molecule is COc1ccc2c(c1)C=C(c1nn(C(C)C)c(C)c1C(=O)O)Cn1c-2c(C2CCCCC2)c2ccc(C(=O)NS(=O)(=O)C(C)C)cc21.O=C(O)c1cn[nH]c1. The highest BCUT2D eigenvalue weighted by Crippen LogP contribution is 2.48. The van der Waals surface area contributed by atoms with E-state index in [1.165, 1.54) is 38.2 Å². The zero-order chi connectivity index (χ0) is 39.8. The summed E-state index contributed by atoms with van der Waals surface area (Å²) in [6.45, 7) is 9.06.